The second kappa shape index (κ2) is 9.25. The van der Waals surface area contributed by atoms with Crippen molar-refractivity contribution in [3.63, 3.8) is 0 Å². The van der Waals surface area contributed by atoms with E-state index in [1.54, 1.807) is 41.8 Å². The zero-order valence-corrected chi connectivity index (χ0v) is 16.7. The van der Waals surface area contributed by atoms with Gasteiger partial charge in [0, 0.05) is 43.5 Å². The van der Waals surface area contributed by atoms with Gasteiger partial charge < -0.3 is 15.2 Å². The van der Waals surface area contributed by atoms with Crippen LogP contribution in [0.2, 0.25) is 10.0 Å². The summed E-state index contributed by atoms with van der Waals surface area (Å²) in [6.07, 6.45) is 0.628. The number of aromatic nitrogens is 3. The number of benzene rings is 1. The van der Waals surface area contributed by atoms with E-state index in [2.05, 4.69) is 10.2 Å². The van der Waals surface area contributed by atoms with Crippen molar-refractivity contribution in [3.05, 3.63) is 39.6 Å². The predicted octanol–water partition coefficient (Wildman–Crippen LogP) is 2.29. The van der Waals surface area contributed by atoms with Crippen molar-refractivity contribution in [2.45, 2.75) is 24.5 Å². The van der Waals surface area contributed by atoms with Crippen LogP contribution in [0.25, 0.3) is 0 Å². The summed E-state index contributed by atoms with van der Waals surface area (Å²) in [5.74, 6) is 0.417. The molecule has 0 bridgehead atoms. The van der Waals surface area contributed by atoms with Gasteiger partial charge in [0.25, 0.3) is 0 Å². The van der Waals surface area contributed by atoms with E-state index in [4.69, 9.17) is 28.9 Å². The number of carbonyl (C=O) groups excluding carboxylic acids is 2. The van der Waals surface area contributed by atoms with Crippen LogP contribution < -0.4 is 5.73 Å². The summed E-state index contributed by atoms with van der Waals surface area (Å²) in [5.41, 5.74) is 6.00. The summed E-state index contributed by atoms with van der Waals surface area (Å²) in [4.78, 5) is 24.8. The molecule has 0 aliphatic carbocycles. The van der Waals surface area contributed by atoms with Crippen molar-refractivity contribution < 1.29 is 9.59 Å². The summed E-state index contributed by atoms with van der Waals surface area (Å²) in [6, 6.07) is 5.20. The number of nitrogens with zero attached hydrogens (tertiary/aromatic N) is 4. The molecular weight excluding hydrogens is 397 g/mol. The number of hydrogen-bond acceptors (Lipinski definition) is 5. The maximum Gasteiger partial charge on any atom is 0.233 e. The first kappa shape index (κ1) is 20.5. The summed E-state index contributed by atoms with van der Waals surface area (Å²) >= 11 is 13.2. The average Bonchev–Trinajstić information content (AvgIpc) is 2.89. The monoisotopic (exact) mass is 415 g/mol. The van der Waals surface area contributed by atoms with Gasteiger partial charge in [0.2, 0.25) is 11.8 Å². The third kappa shape index (κ3) is 5.89. The number of primary amides is 1. The molecule has 7 nitrogen and oxygen atoms in total. The number of thioether (sulfide) groups is 1. The van der Waals surface area contributed by atoms with E-state index < -0.39 is 0 Å². The van der Waals surface area contributed by atoms with E-state index in [1.807, 2.05) is 0 Å². The molecule has 2 aromatic rings. The predicted molar refractivity (Wildman–Crippen MR) is 102 cm³/mol. The van der Waals surface area contributed by atoms with Gasteiger partial charge in [-0.25, -0.2) is 0 Å². The molecule has 1 aromatic carbocycles. The average molecular weight is 416 g/mol. The first-order valence-electron chi connectivity index (χ1n) is 7.74. The minimum absolute atomic E-state index is 0.0622. The van der Waals surface area contributed by atoms with Gasteiger partial charge in [-0.1, -0.05) is 35.0 Å². The fourth-order valence-electron chi connectivity index (χ4n) is 2.22. The molecule has 0 atom stereocenters. The van der Waals surface area contributed by atoms with Gasteiger partial charge in [-0.05, 0) is 23.8 Å². The normalized spacial score (nSPS) is 10.8. The Kier molecular flexibility index (Phi) is 7.31. The van der Waals surface area contributed by atoms with Crippen LogP contribution in [0.5, 0.6) is 0 Å². The molecule has 1 aromatic heterocycles. The highest BCUT2D eigenvalue weighted by Crippen LogP contribution is 2.21. The molecule has 2 rings (SSSR count). The Morgan fingerprint density at radius 3 is 2.50 bits per heavy atom. The summed E-state index contributed by atoms with van der Waals surface area (Å²) < 4.78 is 1.76. The first-order chi connectivity index (χ1) is 12.3. The van der Waals surface area contributed by atoms with E-state index in [9.17, 15) is 9.59 Å². The van der Waals surface area contributed by atoms with Gasteiger partial charge in [-0.3, -0.25) is 9.59 Å². The summed E-state index contributed by atoms with van der Waals surface area (Å²) in [5, 5.41) is 9.75. The maximum atomic E-state index is 12.3. The highest BCUT2D eigenvalue weighted by atomic mass is 35.5. The smallest absolute Gasteiger partial charge is 0.233 e. The molecule has 0 aliphatic heterocycles. The van der Waals surface area contributed by atoms with Crippen molar-refractivity contribution in [1.29, 1.82) is 0 Å². The lowest BCUT2D eigenvalue weighted by Crippen LogP contribution is -2.27. The summed E-state index contributed by atoms with van der Waals surface area (Å²) in [6.45, 7) is 0.405. The van der Waals surface area contributed by atoms with Gasteiger partial charge in [0.05, 0.1) is 5.75 Å². The van der Waals surface area contributed by atoms with Crippen LogP contribution in [0.3, 0.4) is 0 Å². The number of nitrogens with two attached hydrogens (primary N) is 1. The molecule has 0 unspecified atom stereocenters. The number of halogens is 2. The Hall–Kier alpha value is -1.77. The van der Waals surface area contributed by atoms with Gasteiger partial charge in [-0.2, -0.15) is 0 Å². The minimum atomic E-state index is -0.389. The van der Waals surface area contributed by atoms with Crippen molar-refractivity contribution in [2.75, 3.05) is 12.8 Å². The van der Waals surface area contributed by atoms with Crippen molar-refractivity contribution in [3.8, 4) is 0 Å². The highest BCUT2D eigenvalue weighted by Gasteiger charge is 2.15. The van der Waals surface area contributed by atoms with Crippen LogP contribution in [0, 0.1) is 0 Å². The fraction of sp³-hybridized carbons (Fsp3) is 0.375. The number of aryl methyl sites for hydroxylation is 1. The molecule has 26 heavy (non-hydrogen) atoms. The lowest BCUT2D eigenvalue weighted by molar-refractivity contribution is -0.127. The zero-order valence-electron chi connectivity index (χ0n) is 14.4. The minimum Gasteiger partial charge on any atom is -0.370 e. The number of carbonyl (C=O) groups is 2. The molecule has 0 spiro atoms. The Morgan fingerprint density at radius 2 is 1.88 bits per heavy atom. The van der Waals surface area contributed by atoms with E-state index in [1.165, 1.54) is 11.8 Å². The van der Waals surface area contributed by atoms with Crippen LogP contribution in [0.1, 0.15) is 17.8 Å². The van der Waals surface area contributed by atoms with Gasteiger partial charge in [0.1, 0.15) is 5.82 Å². The lowest BCUT2D eigenvalue weighted by Gasteiger charge is -2.17. The molecular formula is C16H19Cl2N5O2S. The van der Waals surface area contributed by atoms with Gasteiger partial charge in [-0.15, -0.1) is 10.2 Å². The molecule has 2 amide bonds. The zero-order chi connectivity index (χ0) is 19.3. The first-order valence-corrected chi connectivity index (χ1v) is 9.48. The van der Waals surface area contributed by atoms with Crippen LogP contribution in [0.15, 0.2) is 23.4 Å². The Morgan fingerprint density at radius 1 is 1.23 bits per heavy atom. The van der Waals surface area contributed by atoms with E-state index in [-0.39, 0.29) is 24.0 Å². The second-order valence-corrected chi connectivity index (χ2v) is 7.56. The largest absolute Gasteiger partial charge is 0.370 e. The van der Waals surface area contributed by atoms with Crippen LogP contribution in [0.4, 0.5) is 0 Å². The second-order valence-electron chi connectivity index (χ2n) is 5.74. The topological polar surface area (TPSA) is 94.1 Å². The van der Waals surface area contributed by atoms with Crippen molar-refractivity contribution >= 4 is 46.8 Å². The quantitative estimate of drug-likeness (QED) is 0.667. The van der Waals surface area contributed by atoms with Crippen LogP contribution >= 0.6 is 35.0 Å². The Bertz CT molecular complexity index is 792. The number of amides is 2. The fourth-order valence-corrected chi connectivity index (χ4v) is 3.67. The third-order valence-corrected chi connectivity index (χ3v) is 5.05. The van der Waals surface area contributed by atoms with E-state index in [0.717, 1.165) is 5.56 Å². The number of hydrogen-bond donors (Lipinski definition) is 1. The molecule has 10 heteroatoms. The van der Waals surface area contributed by atoms with Gasteiger partial charge in [0.15, 0.2) is 5.16 Å². The molecule has 0 radical (unpaired) electrons. The van der Waals surface area contributed by atoms with Crippen LogP contribution in [-0.4, -0.2) is 44.3 Å². The third-order valence-electron chi connectivity index (χ3n) is 3.61. The van der Waals surface area contributed by atoms with Gasteiger partial charge >= 0.3 is 0 Å². The molecule has 0 aliphatic rings. The molecule has 2 N–H and O–H groups in total. The summed E-state index contributed by atoms with van der Waals surface area (Å²) in [7, 11) is 3.51. The Labute approximate surface area is 165 Å². The van der Waals surface area contributed by atoms with Crippen molar-refractivity contribution in [2.24, 2.45) is 12.8 Å². The van der Waals surface area contributed by atoms with E-state index >= 15 is 0 Å². The standard InChI is InChI=1S/C16H19Cl2N5O2S/c1-22(8-10-5-11(17)7-12(18)6-10)15(25)9-26-16-21-20-14(23(16)2)4-3-13(19)24/h5-7H,3-4,8-9H2,1-2H3,(H2,19,24). The molecule has 1 heterocycles. The molecule has 0 fully saturated rings. The Balaban J connectivity index is 1.90. The highest BCUT2D eigenvalue weighted by molar-refractivity contribution is 7.99. The molecule has 0 saturated carbocycles. The van der Waals surface area contributed by atoms with Crippen molar-refractivity contribution in [1.82, 2.24) is 19.7 Å². The maximum absolute atomic E-state index is 12.3. The SMILES string of the molecule is CN(Cc1cc(Cl)cc(Cl)c1)C(=O)CSc1nnc(CCC(N)=O)n1C. The van der Waals surface area contributed by atoms with E-state index in [0.29, 0.717) is 34.0 Å². The molecule has 140 valence electrons. The lowest BCUT2D eigenvalue weighted by atomic mass is 10.2. The molecule has 0 saturated heterocycles. The van der Waals surface area contributed by atoms with Crippen LogP contribution in [-0.2, 0) is 29.6 Å². The number of rotatable bonds is 8.